The Bertz CT molecular complexity index is 504. The molecule has 0 spiro atoms. The fourth-order valence-corrected chi connectivity index (χ4v) is 2.51. The van der Waals surface area contributed by atoms with E-state index < -0.39 is 0 Å². The monoisotopic (exact) mass is 276 g/mol. The average Bonchev–Trinajstić information content (AvgIpc) is 2.23. The molecular formula is C16H14Cl2. The van der Waals surface area contributed by atoms with Gasteiger partial charge in [0, 0.05) is 10.0 Å². The minimum Gasteiger partial charge on any atom is -0.0843 e. The van der Waals surface area contributed by atoms with Crippen LogP contribution < -0.4 is 0 Å². The molecule has 2 aromatic carbocycles. The van der Waals surface area contributed by atoms with Gasteiger partial charge in [-0.15, -0.1) is 0 Å². The first-order chi connectivity index (χ1) is 8.52. The van der Waals surface area contributed by atoms with Crippen LogP contribution in [0.15, 0.2) is 36.4 Å². The number of halogens is 2. The van der Waals surface area contributed by atoms with Gasteiger partial charge in [-0.1, -0.05) is 64.7 Å². The lowest BCUT2D eigenvalue weighted by Gasteiger charge is -2.01. The maximum atomic E-state index is 5.96. The van der Waals surface area contributed by atoms with Gasteiger partial charge in [0.05, 0.1) is 0 Å². The van der Waals surface area contributed by atoms with Crippen LogP contribution in [0.25, 0.3) is 12.2 Å². The summed E-state index contributed by atoms with van der Waals surface area (Å²) in [6.07, 6.45) is 4.09. The highest BCUT2D eigenvalue weighted by atomic mass is 35.5. The SMILES string of the molecule is Cc1cc(C)cc(C=Cc2cc(Cl)cc(Cl)c2)c1. The van der Waals surface area contributed by atoms with Crippen molar-refractivity contribution >= 4 is 35.4 Å². The summed E-state index contributed by atoms with van der Waals surface area (Å²) in [5.41, 5.74) is 4.72. The lowest BCUT2D eigenvalue weighted by Crippen LogP contribution is -1.80. The summed E-state index contributed by atoms with van der Waals surface area (Å²) in [5.74, 6) is 0. The van der Waals surface area contributed by atoms with Crippen molar-refractivity contribution in [3.8, 4) is 0 Å². The van der Waals surface area contributed by atoms with Gasteiger partial charge in [-0.2, -0.15) is 0 Å². The van der Waals surface area contributed by atoms with E-state index in [-0.39, 0.29) is 0 Å². The fraction of sp³-hybridized carbons (Fsp3) is 0.125. The molecule has 0 aliphatic carbocycles. The average molecular weight is 277 g/mol. The Balaban J connectivity index is 2.29. The number of hydrogen-bond donors (Lipinski definition) is 0. The molecule has 0 nitrogen and oxygen atoms in total. The molecule has 0 aliphatic heterocycles. The zero-order valence-corrected chi connectivity index (χ0v) is 11.9. The topological polar surface area (TPSA) is 0 Å². The van der Waals surface area contributed by atoms with Gasteiger partial charge in [-0.25, -0.2) is 0 Å². The van der Waals surface area contributed by atoms with Crippen LogP contribution in [0.5, 0.6) is 0 Å². The minimum atomic E-state index is 0.655. The predicted octanol–water partition coefficient (Wildman–Crippen LogP) is 5.78. The molecule has 2 heteroatoms. The van der Waals surface area contributed by atoms with Crippen LogP contribution in [0, 0.1) is 13.8 Å². The normalized spacial score (nSPS) is 11.1. The van der Waals surface area contributed by atoms with E-state index in [0.717, 1.165) is 5.56 Å². The minimum absolute atomic E-state index is 0.655. The van der Waals surface area contributed by atoms with E-state index in [1.165, 1.54) is 16.7 Å². The van der Waals surface area contributed by atoms with Gasteiger partial charge < -0.3 is 0 Å². The van der Waals surface area contributed by atoms with E-state index in [4.69, 9.17) is 23.2 Å². The van der Waals surface area contributed by atoms with Crippen LogP contribution in [0.1, 0.15) is 22.3 Å². The van der Waals surface area contributed by atoms with E-state index in [1.54, 1.807) is 6.07 Å². The Labute approximate surface area is 118 Å². The Morgan fingerprint density at radius 1 is 0.667 bits per heavy atom. The van der Waals surface area contributed by atoms with Crippen molar-refractivity contribution in [1.82, 2.24) is 0 Å². The van der Waals surface area contributed by atoms with Crippen LogP contribution in [0.4, 0.5) is 0 Å². The predicted molar refractivity (Wildman–Crippen MR) is 81.3 cm³/mol. The van der Waals surface area contributed by atoms with Gasteiger partial charge in [0.2, 0.25) is 0 Å². The molecule has 0 N–H and O–H groups in total. The standard InChI is InChI=1S/C16H14Cl2/c1-11-5-12(2)7-13(6-11)3-4-14-8-15(17)10-16(18)9-14/h3-10H,1-2H3. The molecule has 2 rings (SSSR count). The second-order valence-electron chi connectivity index (χ2n) is 4.46. The number of rotatable bonds is 2. The largest absolute Gasteiger partial charge is 0.0843 e. The highest BCUT2D eigenvalue weighted by Crippen LogP contribution is 2.21. The third kappa shape index (κ3) is 3.63. The van der Waals surface area contributed by atoms with Gasteiger partial charge in [0.15, 0.2) is 0 Å². The molecule has 0 fully saturated rings. The van der Waals surface area contributed by atoms with Gasteiger partial charge in [0.25, 0.3) is 0 Å². The highest BCUT2D eigenvalue weighted by molar-refractivity contribution is 6.34. The summed E-state index contributed by atoms with van der Waals surface area (Å²) in [7, 11) is 0. The Morgan fingerprint density at radius 3 is 1.61 bits per heavy atom. The van der Waals surface area contributed by atoms with Crippen LogP contribution in [-0.4, -0.2) is 0 Å². The second kappa shape index (κ2) is 5.60. The molecular weight excluding hydrogens is 263 g/mol. The lowest BCUT2D eigenvalue weighted by atomic mass is 10.1. The van der Waals surface area contributed by atoms with E-state index in [9.17, 15) is 0 Å². The van der Waals surface area contributed by atoms with Crippen LogP contribution in [0.3, 0.4) is 0 Å². The van der Waals surface area contributed by atoms with E-state index >= 15 is 0 Å². The Kier molecular flexibility index (Phi) is 4.11. The molecule has 18 heavy (non-hydrogen) atoms. The van der Waals surface area contributed by atoms with Gasteiger partial charge in [0.1, 0.15) is 0 Å². The van der Waals surface area contributed by atoms with E-state index in [0.29, 0.717) is 10.0 Å². The highest BCUT2D eigenvalue weighted by Gasteiger charge is 1.96. The van der Waals surface area contributed by atoms with Crippen LogP contribution in [0.2, 0.25) is 10.0 Å². The number of benzene rings is 2. The summed E-state index contributed by atoms with van der Waals surface area (Å²) >= 11 is 11.9. The molecule has 0 amide bonds. The van der Waals surface area contributed by atoms with Gasteiger partial charge >= 0.3 is 0 Å². The molecule has 0 bridgehead atoms. The summed E-state index contributed by atoms with van der Waals surface area (Å²) in [5, 5.41) is 1.31. The molecule has 0 unspecified atom stereocenters. The van der Waals surface area contributed by atoms with Gasteiger partial charge in [-0.3, -0.25) is 0 Å². The first-order valence-electron chi connectivity index (χ1n) is 5.75. The van der Waals surface area contributed by atoms with Crippen molar-refractivity contribution in [2.75, 3.05) is 0 Å². The molecule has 0 heterocycles. The third-order valence-electron chi connectivity index (χ3n) is 2.60. The summed E-state index contributed by atoms with van der Waals surface area (Å²) in [6, 6.07) is 12.0. The molecule has 0 aromatic heterocycles. The molecule has 0 aliphatic rings. The summed E-state index contributed by atoms with van der Waals surface area (Å²) in [4.78, 5) is 0. The molecule has 0 radical (unpaired) electrons. The summed E-state index contributed by atoms with van der Waals surface area (Å²) < 4.78 is 0. The second-order valence-corrected chi connectivity index (χ2v) is 5.33. The van der Waals surface area contributed by atoms with Crippen LogP contribution in [-0.2, 0) is 0 Å². The molecule has 92 valence electrons. The zero-order valence-electron chi connectivity index (χ0n) is 10.4. The first-order valence-corrected chi connectivity index (χ1v) is 6.51. The van der Waals surface area contributed by atoms with Crippen molar-refractivity contribution in [1.29, 1.82) is 0 Å². The van der Waals surface area contributed by atoms with Crippen molar-refractivity contribution in [2.24, 2.45) is 0 Å². The molecule has 0 atom stereocenters. The zero-order chi connectivity index (χ0) is 13.1. The van der Waals surface area contributed by atoms with E-state index in [1.807, 2.05) is 18.2 Å². The third-order valence-corrected chi connectivity index (χ3v) is 3.03. The Hall–Kier alpha value is -1.24. The molecule has 2 aromatic rings. The smallest absolute Gasteiger partial charge is 0.0426 e. The summed E-state index contributed by atoms with van der Waals surface area (Å²) in [6.45, 7) is 4.20. The fourth-order valence-electron chi connectivity index (χ4n) is 1.97. The van der Waals surface area contributed by atoms with Crippen molar-refractivity contribution in [2.45, 2.75) is 13.8 Å². The first kappa shape index (κ1) is 13.2. The Morgan fingerprint density at radius 2 is 1.11 bits per heavy atom. The maximum absolute atomic E-state index is 5.96. The molecule has 0 saturated carbocycles. The van der Waals surface area contributed by atoms with Crippen LogP contribution >= 0.6 is 23.2 Å². The quantitative estimate of drug-likeness (QED) is 0.610. The molecule has 0 saturated heterocycles. The van der Waals surface area contributed by atoms with Crippen molar-refractivity contribution in [3.05, 3.63) is 68.7 Å². The van der Waals surface area contributed by atoms with Gasteiger partial charge in [-0.05, 0) is 43.2 Å². The number of hydrogen-bond acceptors (Lipinski definition) is 0. The maximum Gasteiger partial charge on any atom is 0.0426 e. The van der Waals surface area contributed by atoms with E-state index in [2.05, 4.69) is 38.1 Å². The van der Waals surface area contributed by atoms with Crippen molar-refractivity contribution in [3.63, 3.8) is 0 Å². The number of aryl methyl sites for hydroxylation is 2. The van der Waals surface area contributed by atoms with Crippen molar-refractivity contribution < 1.29 is 0 Å². The lowest BCUT2D eigenvalue weighted by molar-refractivity contribution is 1.37.